The first kappa shape index (κ1) is 10.5. The van der Waals surface area contributed by atoms with E-state index in [0.717, 1.165) is 18.9 Å². The molecule has 0 aromatic rings. The Balaban J connectivity index is 1.97. The normalized spacial score (nSPS) is 39.1. The highest BCUT2D eigenvalue weighted by Crippen LogP contribution is 2.31. The first-order chi connectivity index (χ1) is 6.68. The summed E-state index contributed by atoms with van der Waals surface area (Å²) in [6.07, 6.45) is 6.06. The van der Waals surface area contributed by atoms with Crippen molar-refractivity contribution < 1.29 is 4.79 Å². The van der Waals surface area contributed by atoms with Gasteiger partial charge in [0.15, 0.2) is 0 Å². The van der Waals surface area contributed by atoms with Crippen LogP contribution in [0.4, 0.5) is 0 Å². The second-order valence-electron chi connectivity index (χ2n) is 4.71. The van der Waals surface area contributed by atoms with Gasteiger partial charge in [0.25, 0.3) is 0 Å². The number of hydrogen-bond donors (Lipinski definition) is 0. The zero-order valence-corrected chi connectivity index (χ0v) is 10.3. The molecule has 1 aliphatic carbocycles. The van der Waals surface area contributed by atoms with Crippen molar-refractivity contribution in [3.05, 3.63) is 0 Å². The van der Waals surface area contributed by atoms with Gasteiger partial charge >= 0.3 is 0 Å². The summed E-state index contributed by atoms with van der Waals surface area (Å²) in [5, 5.41) is 0. The van der Waals surface area contributed by atoms with Gasteiger partial charge in [-0.1, -0.05) is 35.7 Å². The Morgan fingerprint density at radius 3 is 2.71 bits per heavy atom. The second kappa shape index (κ2) is 4.21. The molecule has 1 heterocycles. The molecule has 2 aliphatic rings. The van der Waals surface area contributed by atoms with E-state index in [2.05, 4.69) is 27.8 Å². The van der Waals surface area contributed by atoms with Crippen LogP contribution in [0.2, 0.25) is 0 Å². The molecule has 0 radical (unpaired) electrons. The van der Waals surface area contributed by atoms with Gasteiger partial charge in [0.2, 0.25) is 5.91 Å². The van der Waals surface area contributed by atoms with Crippen LogP contribution in [0.3, 0.4) is 0 Å². The van der Waals surface area contributed by atoms with Gasteiger partial charge in [-0.3, -0.25) is 4.79 Å². The lowest BCUT2D eigenvalue weighted by Crippen LogP contribution is -2.40. The molecule has 1 amide bonds. The molecule has 2 nitrogen and oxygen atoms in total. The average molecular weight is 260 g/mol. The number of hydrogen-bond acceptors (Lipinski definition) is 1. The number of carbonyl (C=O) groups excluding carboxylic acids is 1. The molecular formula is C11H18BrNO. The Morgan fingerprint density at radius 2 is 2.14 bits per heavy atom. The lowest BCUT2D eigenvalue weighted by atomic mass is 9.86. The van der Waals surface area contributed by atoms with Crippen LogP contribution in [0.1, 0.15) is 39.0 Å². The van der Waals surface area contributed by atoms with E-state index in [9.17, 15) is 4.79 Å². The molecule has 80 valence electrons. The fourth-order valence-electron chi connectivity index (χ4n) is 2.71. The van der Waals surface area contributed by atoms with E-state index >= 15 is 0 Å². The zero-order chi connectivity index (χ0) is 10.1. The van der Waals surface area contributed by atoms with Gasteiger partial charge in [-0.15, -0.1) is 0 Å². The highest BCUT2D eigenvalue weighted by atomic mass is 79.9. The average Bonchev–Trinajstić information content (AvgIpc) is 2.48. The Bertz CT molecular complexity index is 231. The molecule has 0 aromatic heterocycles. The van der Waals surface area contributed by atoms with Crippen LogP contribution in [-0.4, -0.2) is 28.2 Å². The van der Waals surface area contributed by atoms with Gasteiger partial charge in [0, 0.05) is 12.6 Å². The molecule has 3 heteroatoms. The predicted molar refractivity (Wildman–Crippen MR) is 60.5 cm³/mol. The number of likely N-dealkylation sites (tertiary alicyclic amines) is 1. The summed E-state index contributed by atoms with van der Waals surface area (Å²) in [5.41, 5.74) is 0. The summed E-state index contributed by atoms with van der Waals surface area (Å²) in [5.74, 6) is 1.13. The Kier molecular flexibility index (Phi) is 3.15. The fourth-order valence-corrected chi connectivity index (χ4v) is 3.18. The van der Waals surface area contributed by atoms with Crippen LogP contribution >= 0.6 is 15.9 Å². The van der Waals surface area contributed by atoms with Crippen LogP contribution in [-0.2, 0) is 4.79 Å². The summed E-state index contributed by atoms with van der Waals surface area (Å²) in [4.78, 5) is 14.0. The molecule has 3 unspecified atom stereocenters. The molecule has 2 fully saturated rings. The van der Waals surface area contributed by atoms with Crippen molar-refractivity contribution in [3.8, 4) is 0 Å². The SMILES string of the molecule is CC1CCCC(N2CCC(Br)C2=O)C1. The molecule has 14 heavy (non-hydrogen) atoms. The number of carbonyl (C=O) groups is 1. The number of rotatable bonds is 1. The van der Waals surface area contributed by atoms with E-state index in [1.807, 2.05) is 0 Å². The summed E-state index contributed by atoms with van der Waals surface area (Å²) < 4.78 is 0. The molecule has 1 saturated heterocycles. The van der Waals surface area contributed by atoms with Crippen LogP contribution in [0.5, 0.6) is 0 Å². The Hall–Kier alpha value is -0.0500. The zero-order valence-electron chi connectivity index (χ0n) is 8.71. The smallest absolute Gasteiger partial charge is 0.236 e. The topological polar surface area (TPSA) is 20.3 Å². The maximum atomic E-state index is 11.8. The quantitative estimate of drug-likeness (QED) is 0.663. The molecule has 1 saturated carbocycles. The summed E-state index contributed by atoms with van der Waals surface area (Å²) in [7, 11) is 0. The van der Waals surface area contributed by atoms with Crippen molar-refractivity contribution in [1.82, 2.24) is 4.90 Å². The van der Waals surface area contributed by atoms with Crippen molar-refractivity contribution in [1.29, 1.82) is 0 Å². The van der Waals surface area contributed by atoms with Crippen LogP contribution in [0, 0.1) is 5.92 Å². The van der Waals surface area contributed by atoms with E-state index in [0.29, 0.717) is 11.9 Å². The summed E-state index contributed by atoms with van der Waals surface area (Å²) in [6, 6.07) is 0.536. The minimum absolute atomic E-state index is 0.0970. The Labute approximate surface area is 94.2 Å². The lowest BCUT2D eigenvalue weighted by Gasteiger charge is -2.34. The molecule has 3 atom stereocenters. The maximum Gasteiger partial charge on any atom is 0.236 e. The molecule has 0 N–H and O–H groups in total. The van der Waals surface area contributed by atoms with Crippen molar-refractivity contribution >= 4 is 21.8 Å². The minimum atomic E-state index is 0.0970. The number of nitrogens with zero attached hydrogens (tertiary/aromatic N) is 1. The van der Waals surface area contributed by atoms with E-state index in [-0.39, 0.29) is 4.83 Å². The molecule has 1 aliphatic heterocycles. The third-order valence-corrected chi connectivity index (χ3v) is 4.37. The first-order valence-electron chi connectivity index (χ1n) is 5.63. The molecule has 0 bridgehead atoms. The van der Waals surface area contributed by atoms with Crippen LogP contribution < -0.4 is 0 Å². The maximum absolute atomic E-state index is 11.8. The van der Waals surface area contributed by atoms with Crippen molar-refractivity contribution in [2.45, 2.75) is 49.9 Å². The Morgan fingerprint density at radius 1 is 1.36 bits per heavy atom. The van der Waals surface area contributed by atoms with E-state index in [1.54, 1.807) is 0 Å². The summed E-state index contributed by atoms with van der Waals surface area (Å²) >= 11 is 3.43. The van der Waals surface area contributed by atoms with Gasteiger partial charge in [0.1, 0.15) is 0 Å². The van der Waals surface area contributed by atoms with Crippen LogP contribution in [0.25, 0.3) is 0 Å². The number of alkyl halides is 1. The fraction of sp³-hybridized carbons (Fsp3) is 0.909. The molecule has 0 aromatic carbocycles. The van der Waals surface area contributed by atoms with Gasteiger partial charge in [0.05, 0.1) is 4.83 Å². The third-order valence-electron chi connectivity index (χ3n) is 3.52. The van der Waals surface area contributed by atoms with E-state index in [1.165, 1.54) is 25.7 Å². The molecule has 0 spiro atoms. The second-order valence-corrected chi connectivity index (χ2v) is 5.82. The number of halogens is 1. The monoisotopic (exact) mass is 259 g/mol. The minimum Gasteiger partial charge on any atom is -0.339 e. The van der Waals surface area contributed by atoms with Crippen molar-refractivity contribution in [2.24, 2.45) is 5.92 Å². The third kappa shape index (κ3) is 1.97. The number of amides is 1. The van der Waals surface area contributed by atoms with Gasteiger partial charge in [-0.25, -0.2) is 0 Å². The predicted octanol–water partition coefficient (Wildman–Crippen LogP) is 2.56. The van der Waals surface area contributed by atoms with Gasteiger partial charge in [-0.05, 0) is 25.2 Å². The molecular weight excluding hydrogens is 242 g/mol. The molecule has 2 rings (SSSR count). The highest BCUT2D eigenvalue weighted by molar-refractivity contribution is 9.10. The largest absolute Gasteiger partial charge is 0.339 e. The van der Waals surface area contributed by atoms with E-state index < -0.39 is 0 Å². The van der Waals surface area contributed by atoms with Gasteiger partial charge in [-0.2, -0.15) is 0 Å². The first-order valence-corrected chi connectivity index (χ1v) is 6.54. The highest BCUT2D eigenvalue weighted by Gasteiger charge is 2.35. The van der Waals surface area contributed by atoms with Gasteiger partial charge < -0.3 is 4.90 Å². The standard InChI is InChI=1S/C11H18BrNO/c1-8-3-2-4-9(7-8)13-6-5-10(12)11(13)14/h8-10H,2-7H2,1H3. The van der Waals surface area contributed by atoms with Crippen molar-refractivity contribution in [3.63, 3.8) is 0 Å². The summed E-state index contributed by atoms with van der Waals surface area (Å²) in [6.45, 7) is 3.27. The van der Waals surface area contributed by atoms with Crippen molar-refractivity contribution in [2.75, 3.05) is 6.54 Å². The van der Waals surface area contributed by atoms with Crippen LogP contribution in [0.15, 0.2) is 0 Å². The van der Waals surface area contributed by atoms with E-state index in [4.69, 9.17) is 0 Å². The lowest BCUT2D eigenvalue weighted by molar-refractivity contribution is -0.129.